The van der Waals surface area contributed by atoms with Crippen molar-refractivity contribution in [1.29, 1.82) is 0 Å². The molecule has 0 amide bonds. The first kappa shape index (κ1) is 30.8. The molecule has 0 unspecified atom stereocenters. The summed E-state index contributed by atoms with van der Waals surface area (Å²) in [7, 11) is 0. The van der Waals surface area contributed by atoms with Crippen LogP contribution in [0.15, 0.2) is 186 Å². The van der Waals surface area contributed by atoms with Crippen LogP contribution in [0, 0.1) is 0 Å². The van der Waals surface area contributed by atoms with E-state index in [1.54, 1.807) is 0 Å². The summed E-state index contributed by atoms with van der Waals surface area (Å²) in [4.78, 5) is 4.88. The van der Waals surface area contributed by atoms with E-state index < -0.39 is 0 Å². The molecular weight excluding hydrogens is 657 g/mol. The lowest BCUT2D eigenvalue weighted by molar-refractivity contribution is 0.631. The highest BCUT2D eigenvalue weighted by Crippen LogP contribution is 2.55. The maximum Gasteiger partial charge on any atom is 0.137 e. The van der Waals surface area contributed by atoms with Crippen LogP contribution in [0.3, 0.4) is 0 Å². The zero-order valence-corrected chi connectivity index (χ0v) is 30.1. The molecule has 3 heteroatoms. The van der Waals surface area contributed by atoms with Gasteiger partial charge in [-0.25, -0.2) is 0 Å². The maximum absolute atomic E-state index is 6.70. The van der Waals surface area contributed by atoms with E-state index in [4.69, 9.17) is 4.42 Å². The number of hydrogen-bond acceptors (Lipinski definition) is 3. The lowest BCUT2D eigenvalue weighted by Gasteiger charge is -2.42. The Morgan fingerprint density at radius 2 is 0.981 bits per heavy atom. The second-order valence-corrected chi connectivity index (χ2v) is 15.0. The monoisotopic (exact) mass is 692 g/mol. The van der Waals surface area contributed by atoms with Crippen molar-refractivity contribution in [3.8, 4) is 0 Å². The summed E-state index contributed by atoms with van der Waals surface area (Å²) in [5.41, 5.74) is 11.0. The summed E-state index contributed by atoms with van der Waals surface area (Å²) < 4.78 is 6.70. The summed E-state index contributed by atoms with van der Waals surface area (Å²) >= 11 is 0. The first-order valence-electron chi connectivity index (χ1n) is 18.7. The van der Waals surface area contributed by atoms with Crippen molar-refractivity contribution in [2.75, 3.05) is 9.80 Å². The molecule has 0 saturated heterocycles. The van der Waals surface area contributed by atoms with E-state index in [0.29, 0.717) is 0 Å². The molecule has 0 spiro atoms. The number of para-hydroxylation sites is 2. The van der Waals surface area contributed by atoms with Crippen molar-refractivity contribution in [2.45, 2.75) is 19.3 Å². The third kappa shape index (κ3) is 4.48. The van der Waals surface area contributed by atoms with Gasteiger partial charge in [0, 0.05) is 44.1 Å². The number of furan rings is 1. The van der Waals surface area contributed by atoms with Crippen LogP contribution in [-0.2, 0) is 5.41 Å². The van der Waals surface area contributed by atoms with Crippen molar-refractivity contribution in [2.24, 2.45) is 0 Å². The van der Waals surface area contributed by atoms with Gasteiger partial charge in [-0.2, -0.15) is 0 Å². The summed E-state index contributed by atoms with van der Waals surface area (Å²) in [5, 5.41) is 9.47. The minimum absolute atomic E-state index is 0.245. The number of nitrogens with zero attached hydrogens (tertiary/aromatic N) is 2. The standard InChI is InChI=1S/C51H36N2O/c1-51(2)42-24-10-11-25-47(42)53(48-32-50-41(31-43(48)51)40-29-34-16-6-7-17-35(34)30-49(40)54-50)46-28-14-22-38-39(46)23-13-27-45(38)52(36-19-4-3-5-20-36)44-26-12-18-33-15-8-9-21-37(33)44/h3-32H,1-2H3. The van der Waals surface area contributed by atoms with Gasteiger partial charge in [0.15, 0.2) is 0 Å². The first-order valence-corrected chi connectivity index (χ1v) is 18.7. The molecule has 1 aromatic heterocycles. The highest BCUT2D eigenvalue weighted by molar-refractivity contribution is 6.13. The lowest BCUT2D eigenvalue weighted by atomic mass is 9.73. The zero-order chi connectivity index (χ0) is 36.0. The van der Waals surface area contributed by atoms with Crippen LogP contribution in [0.2, 0.25) is 0 Å². The summed E-state index contributed by atoms with van der Waals surface area (Å²) in [5.74, 6) is 0. The van der Waals surface area contributed by atoms with Gasteiger partial charge in [-0.15, -0.1) is 0 Å². The summed E-state index contributed by atoms with van der Waals surface area (Å²) in [6.07, 6.45) is 0. The predicted octanol–water partition coefficient (Wildman–Crippen LogP) is 14.6. The van der Waals surface area contributed by atoms with Crippen molar-refractivity contribution >= 4 is 88.4 Å². The van der Waals surface area contributed by atoms with E-state index >= 15 is 0 Å². The Hall–Kier alpha value is -6.84. The Morgan fingerprint density at radius 3 is 1.83 bits per heavy atom. The topological polar surface area (TPSA) is 19.6 Å². The second kappa shape index (κ2) is 11.6. The minimum Gasteiger partial charge on any atom is -0.456 e. The molecule has 3 nitrogen and oxygen atoms in total. The van der Waals surface area contributed by atoms with E-state index in [1.165, 1.54) is 49.1 Å². The van der Waals surface area contributed by atoms with Crippen LogP contribution in [0.25, 0.3) is 54.3 Å². The molecule has 9 aromatic carbocycles. The maximum atomic E-state index is 6.70. The van der Waals surface area contributed by atoms with E-state index in [0.717, 1.165) is 50.4 Å². The molecule has 2 heterocycles. The molecule has 0 fully saturated rings. The quantitative estimate of drug-likeness (QED) is 0.183. The zero-order valence-electron chi connectivity index (χ0n) is 30.1. The molecule has 1 aliphatic rings. The fourth-order valence-corrected chi connectivity index (χ4v) is 8.97. The molecule has 11 rings (SSSR count). The Morgan fingerprint density at radius 1 is 0.407 bits per heavy atom. The molecule has 0 radical (unpaired) electrons. The van der Waals surface area contributed by atoms with E-state index in [2.05, 4.69) is 206 Å². The van der Waals surface area contributed by atoms with Gasteiger partial charge in [0.2, 0.25) is 0 Å². The molecule has 10 aromatic rings. The molecule has 0 N–H and O–H groups in total. The van der Waals surface area contributed by atoms with Crippen molar-refractivity contribution in [3.63, 3.8) is 0 Å². The van der Waals surface area contributed by atoms with Crippen LogP contribution < -0.4 is 9.80 Å². The third-order valence-electron chi connectivity index (χ3n) is 11.6. The van der Waals surface area contributed by atoms with Crippen LogP contribution in [0.4, 0.5) is 34.1 Å². The summed E-state index contributed by atoms with van der Waals surface area (Å²) in [6.45, 7) is 4.71. The number of fused-ring (bicyclic) bond motifs is 8. The van der Waals surface area contributed by atoms with E-state index in [1.807, 2.05) is 0 Å². The minimum atomic E-state index is -0.245. The molecule has 1 aliphatic heterocycles. The highest BCUT2D eigenvalue weighted by atomic mass is 16.3. The fourth-order valence-electron chi connectivity index (χ4n) is 8.97. The van der Waals surface area contributed by atoms with Crippen molar-refractivity contribution < 1.29 is 4.42 Å². The van der Waals surface area contributed by atoms with Gasteiger partial charge in [-0.1, -0.05) is 135 Å². The average Bonchev–Trinajstić information content (AvgIpc) is 3.56. The Labute approximate surface area is 313 Å². The Kier molecular flexibility index (Phi) is 6.60. The number of benzene rings is 9. The Balaban J connectivity index is 1.17. The lowest BCUT2D eigenvalue weighted by Crippen LogP contribution is -2.30. The van der Waals surface area contributed by atoms with Crippen LogP contribution >= 0.6 is 0 Å². The van der Waals surface area contributed by atoms with Crippen molar-refractivity contribution in [1.82, 2.24) is 0 Å². The third-order valence-corrected chi connectivity index (χ3v) is 11.6. The molecule has 0 aliphatic carbocycles. The molecule has 54 heavy (non-hydrogen) atoms. The molecular formula is C51H36N2O. The van der Waals surface area contributed by atoms with Gasteiger partial charge in [0.1, 0.15) is 11.2 Å². The van der Waals surface area contributed by atoms with E-state index in [9.17, 15) is 0 Å². The van der Waals surface area contributed by atoms with Gasteiger partial charge in [-0.05, 0) is 81.9 Å². The van der Waals surface area contributed by atoms with Gasteiger partial charge in [0.25, 0.3) is 0 Å². The predicted molar refractivity (Wildman–Crippen MR) is 228 cm³/mol. The fraction of sp³-hybridized carbons (Fsp3) is 0.0588. The number of rotatable bonds is 4. The average molecular weight is 693 g/mol. The van der Waals surface area contributed by atoms with Crippen molar-refractivity contribution in [3.05, 3.63) is 193 Å². The van der Waals surface area contributed by atoms with Gasteiger partial charge in [-0.3, -0.25) is 0 Å². The molecule has 256 valence electrons. The molecule has 0 atom stereocenters. The second-order valence-electron chi connectivity index (χ2n) is 15.0. The SMILES string of the molecule is CC1(C)c2ccccc2N(c2cccc3c(N(c4ccccc4)c4cccc5ccccc45)cccc23)c2cc3oc4cc5ccccc5cc4c3cc21. The van der Waals surface area contributed by atoms with E-state index in [-0.39, 0.29) is 5.41 Å². The number of anilines is 6. The Bertz CT molecular complexity index is 3100. The normalized spacial score (nSPS) is 13.5. The van der Waals surface area contributed by atoms with Crippen LogP contribution in [0.1, 0.15) is 25.0 Å². The first-order chi connectivity index (χ1) is 26.5. The largest absolute Gasteiger partial charge is 0.456 e. The number of hydrogen-bond donors (Lipinski definition) is 0. The summed E-state index contributed by atoms with van der Waals surface area (Å²) in [6, 6.07) is 66.0. The molecule has 0 saturated carbocycles. The van der Waals surface area contributed by atoms with Crippen LogP contribution in [0.5, 0.6) is 0 Å². The van der Waals surface area contributed by atoms with Gasteiger partial charge in [0.05, 0.1) is 28.4 Å². The molecule has 0 bridgehead atoms. The van der Waals surface area contributed by atoms with Gasteiger partial charge >= 0.3 is 0 Å². The highest BCUT2D eigenvalue weighted by Gasteiger charge is 2.38. The smallest absolute Gasteiger partial charge is 0.137 e. The van der Waals surface area contributed by atoms with Gasteiger partial charge < -0.3 is 14.2 Å². The van der Waals surface area contributed by atoms with Crippen LogP contribution in [-0.4, -0.2) is 0 Å².